The van der Waals surface area contributed by atoms with Crippen LogP contribution in [0.15, 0.2) is 24.3 Å². The number of benzene rings is 1. The van der Waals surface area contributed by atoms with E-state index in [0.29, 0.717) is 6.42 Å². The van der Waals surface area contributed by atoms with Crippen LogP contribution in [0, 0.1) is 6.42 Å². The van der Waals surface area contributed by atoms with E-state index in [4.69, 9.17) is 4.74 Å². The lowest BCUT2D eigenvalue weighted by Gasteiger charge is -2.04. The van der Waals surface area contributed by atoms with Gasteiger partial charge in [-0.1, -0.05) is 25.5 Å². The SMILES string of the molecule is CCC[CH]C(=O)OC(=O)Cc1ccc(OC)cc1. The first-order chi connectivity index (χ1) is 8.65. The van der Waals surface area contributed by atoms with Gasteiger partial charge in [-0.05, 0) is 24.1 Å². The van der Waals surface area contributed by atoms with Crippen LogP contribution in [0.5, 0.6) is 5.75 Å². The predicted octanol–water partition coefficient (Wildman–Crippen LogP) is 2.31. The zero-order chi connectivity index (χ0) is 13.4. The molecule has 0 N–H and O–H groups in total. The lowest BCUT2D eigenvalue weighted by Crippen LogP contribution is -2.14. The molecule has 0 bridgehead atoms. The van der Waals surface area contributed by atoms with Gasteiger partial charge in [0, 0.05) is 0 Å². The average molecular weight is 249 g/mol. The molecule has 4 heteroatoms. The van der Waals surface area contributed by atoms with E-state index in [9.17, 15) is 9.59 Å². The third kappa shape index (κ3) is 4.99. The summed E-state index contributed by atoms with van der Waals surface area (Å²) in [5, 5.41) is 0. The molecule has 0 aliphatic rings. The van der Waals surface area contributed by atoms with Gasteiger partial charge >= 0.3 is 11.9 Å². The maximum Gasteiger partial charge on any atom is 0.317 e. The van der Waals surface area contributed by atoms with Crippen molar-refractivity contribution in [2.45, 2.75) is 26.2 Å². The summed E-state index contributed by atoms with van der Waals surface area (Å²) in [7, 11) is 1.57. The van der Waals surface area contributed by atoms with Crippen molar-refractivity contribution in [2.24, 2.45) is 0 Å². The van der Waals surface area contributed by atoms with Gasteiger partial charge in [-0.3, -0.25) is 9.59 Å². The monoisotopic (exact) mass is 249 g/mol. The summed E-state index contributed by atoms with van der Waals surface area (Å²) >= 11 is 0. The Kier molecular flexibility index (Phi) is 5.91. The Morgan fingerprint density at radius 2 is 1.89 bits per heavy atom. The first-order valence-corrected chi connectivity index (χ1v) is 5.86. The lowest BCUT2D eigenvalue weighted by molar-refractivity contribution is -0.156. The van der Waals surface area contributed by atoms with Crippen molar-refractivity contribution >= 4 is 11.9 Å². The summed E-state index contributed by atoms with van der Waals surface area (Å²) in [6.07, 6.45) is 2.93. The molecule has 0 amide bonds. The van der Waals surface area contributed by atoms with Gasteiger partial charge in [0.1, 0.15) is 5.75 Å². The minimum Gasteiger partial charge on any atom is -0.497 e. The first-order valence-electron chi connectivity index (χ1n) is 5.86. The zero-order valence-electron chi connectivity index (χ0n) is 10.6. The van der Waals surface area contributed by atoms with Crippen LogP contribution < -0.4 is 4.74 Å². The maximum atomic E-state index is 11.4. The second-order valence-electron chi connectivity index (χ2n) is 3.81. The third-order valence-corrected chi connectivity index (χ3v) is 2.32. The van der Waals surface area contributed by atoms with Crippen LogP contribution in [-0.2, 0) is 20.7 Å². The van der Waals surface area contributed by atoms with Gasteiger partial charge in [0.15, 0.2) is 0 Å². The molecule has 0 fully saturated rings. The van der Waals surface area contributed by atoms with Gasteiger partial charge in [0.2, 0.25) is 0 Å². The van der Waals surface area contributed by atoms with Gasteiger partial charge in [0.05, 0.1) is 20.0 Å². The second kappa shape index (κ2) is 7.48. The van der Waals surface area contributed by atoms with E-state index in [0.717, 1.165) is 17.7 Å². The van der Waals surface area contributed by atoms with Crippen LogP contribution in [-0.4, -0.2) is 19.0 Å². The highest BCUT2D eigenvalue weighted by molar-refractivity contribution is 5.90. The summed E-state index contributed by atoms with van der Waals surface area (Å²) in [5.74, 6) is -0.396. The fraction of sp³-hybridized carbons (Fsp3) is 0.357. The van der Waals surface area contributed by atoms with Gasteiger partial charge < -0.3 is 9.47 Å². The highest BCUT2D eigenvalue weighted by atomic mass is 16.6. The van der Waals surface area contributed by atoms with Gasteiger partial charge in [-0.15, -0.1) is 0 Å². The molecule has 0 spiro atoms. The zero-order valence-corrected chi connectivity index (χ0v) is 10.6. The Morgan fingerprint density at radius 1 is 1.22 bits per heavy atom. The van der Waals surface area contributed by atoms with Crippen molar-refractivity contribution in [3.05, 3.63) is 36.2 Å². The summed E-state index contributed by atoms with van der Waals surface area (Å²) in [5.41, 5.74) is 0.782. The van der Waals surface area contributed by atoms with E-state index in [1.165, 1.54) is 6.42 Å². The predicted molar refractivity (Wildman–Crippen MR) is 67.0 cm³/mol. The molecule has 0 heterocycles. The Hall–Kier alpha value is -1.84. The van der Waals surface area contributed by atoms with Gasteiger partial charge in [-0.2, -0.15) is 0 Å². The van der Waals surface area contributed by atoms with Crippen molar-refractivity contribution < 1.29 is 19.1 Å². The van der Waals surface area contributed by atoms with E-state index in [-0.39, 0.29) is 6.42 Å². The molecular weight excluding hydrogens is 232 g/mol. The molecule has 1 aromatic carbocycles. The van der Waals surface area contributed by atoms with Crippen LogP contribution in [0.4, 0.5) is 0 Å². The normalized spacial score (nSPS) is 9.89. The van der Waals surface area contributed by atoms with Crippen molar-refractivity contribution in [3.8, 4) is 5.75 Å². The Morgan fingerprint density at radius 3 is 2.44 bits per heavy atom. The van der Waals surface area contributed by atoms with Crippen LogP contribution >= 0.6 is 0 Å². The highest BCUT2D eigenvalue weighted by Crippen LogP contribution is 2.12. The summed E-state index contributed by atoms with van der Waals surface area (Å²) in [4.78, 5) is 22.6. The number of esters is 2. The lowest BCUT2D eigenvalue weighted by atomic mass is 10.1. The molecule has 97 valence electrons. The Bertz CT molecular complexity index is 395. The molecule has 0 atom stereocenters. The van der Waals surface area contributed by atoms with Crippen LogP contribution in [0.3, 0.4) is 0 Å². The molecule has 0 saturated heterocycles. The largest absolute Gasteiger partial charge is 0.497 e. The van der Waals surface area contributed by atoms with Crippen molar-refractivity contribution in [2.75, 3.05) is 7.11 Å². The fourth-order valence-corrected chi connectivity index (χ4v) is 1.36. The smallest absolute Gasteiger partial charge is 0.317 e. The number of rotatable bonds is 6. The van der Waals surface area contributed by atoms with E-state index in [1.54, 1.807) is 31.4 Å². The molecular formula is C14H17O4. The standard InChI is InChI=1S/C14H17O4/c1-3-4-5-13(15)18-14(16)10-11-6-8-12(17-2)9-7-11/h5-9H,3-4,10H2,1-2H3. The molecule has 0 aliphatic heterocycles. The maximum absolute atomic E-state index is 11.4. The average Bonchev–Trinajstić information content (AvgIpc) is 2.37. The molecule has 0 saturated carbocycles. The first kappa shape index (κ1) is 14.2. The van der Waals surface area contributed by atoms with Crippen molar-refractivity contribution in [3.63, 3.8) is 0 Å². The Labute approximate surface area is 107 Å². The van der Waals surface area contributed by atoms with Crippen LogP contribution in [0.1, 0.15) is 25.3 Å². The van der Waals surface area contributed by atoms with Gasteiger partial charge in [-0.25, -0.2) is 0 Å². The number of methoxy groups -OCH3 is 1. The minimum atomic E-state index is -0.574. The quantitative estimate of drug-likeness (QED) is 0.573. The highest BCUT2D eigenvalue weighted by Gasteiger charge is 2.11. The number of unbranched alkanes of at least 4 members (excludes halogenated alkanes) is 1. The van der Waals surface area contributed by atoms with Crippen LogP contribution in [0.2, 0.25) is 0 Å². The number of hydrogen-bond acceptors (Lipinski definition) is 4. The molecule has 0 aliphatic carbocycles. The fourth-order valence-electron chi connectivity index (χ4n) is 1.36. The molecule has 4 nitrogen and oxygen atoms in total. The number of ether oxygens (including phenoxy) is 2. The van der Waals surface area contributed by atoms with Crippen LogP contribution in [0.25, 0.3) is 0 Å². The molecule has 0 unspecified atom stereocenters. The van der Waals surface area contributed by atoms with Crippen molar-refractivity contribution in [1.82, 2.24) is 0 Å². The molecule has 1 radical (unpaired) electrons. The summed E-state index contributed by atoms with van der Waals surface area (Å²) in [6.45, 7) is 1.95. The minimum absolute atomic E-state index is 0.0791. The second-order valence-corrected chi connectivity index (χ2v) is 3.81. The third-order valence-electron chi connectivity index (χ3n) is 2.32. The topological polar surface area (TPSA) is 52.6 Å². The summed E-state index contributed by atoms with van der Waals surface area (Å²) in [6, 6.07) is 7.04. The van der Waals surface area contributed by atoms with Crippen molar-refractivity contribution in [1.29, 1.82) is 0 Å². The van der Waals surface area contributed by atoms with E-state index >= 15 is 0 Å². The number of hydrogen-bond donors (Lipinski definition) is 0. The molecule has 18 heavy (non-hydrogen) atoms. The molecule has 0 aromatic heterocycles. The van der Waals surface area contributed by atoms with Gasteiger partial charge in [0.25, 0.3) is 0 Å². The Balaban J connectivity index is 2.41. The molecule has 1 rings (SSSR count). The van der Waals surface area contributed by atoms with E-state index in [2.05, 4.69) is 4.74 Å². The molecule has 1 aromatic rings. The number of carbonyl (C=O) groups is 2. The van der Waals surface area contributed by atoms with E-state index in [1.807, 2.05) is 6.92 Å². The van der Waals surface area contributed by atoms with E-state index < -0.39 is 11.9 Å². The summed E-state index contributed by atoms with van der Waals surface area (Å²) < 4.78 is 9.66. The number of carbonyl (C=O) groups excluding carboxylic acids is 2.